The highest BCUT2D eigenvalue weighted by Crippen LogP contribution is 2.16. The molecule has 1 heterocycles. The molecule has 1 aromatic rings. The minimum Gasteiger partial charge on any atom is -0.324 e. The number of nitrogens with two attached hydrogens (primary N) is 1. The number of carbonyl (C=O) groups excluding carboxylic acids is 1. The van der Waals surface area contributed by atoms with Crippen LogP contribution in [0, 0.1) is 0 Å². The Labute approximate surface area is 127 Å². The number of amides is 2. The number of urea groups is 1. The molecule has 5 nitrogen and oxygen atoms in total. The van der Waals surface area contributed by atoms with E-state index in [4.69, 9.17) is 5.73 Å². The number of likely N-dealkylation sites (N-methyl/N-ethyl adjacent to an activating group) is 1. The van der Waals surface area contributed by atoms with Crippen molar-refractivity contribution in [1.29, 1.82) is 0 Å². The van der Waals surface area contributed by atoms with Gasteiger partial charge in [-0.3, -0.25) is 4.90 Å². The molecule has 21 heavy (non-hydrogen) atoms. The molecule has 0 aromatic heterocycles. The Kier molecular flexibility index (Phi) is 5.20. The Hall–Kier alpha value is -1.59. The highest BCUT2D eigenvalue weighted by Gasteiger charge is 2.25. The van der Waals surface area contributed by atoms with Crippen LogP contribution in [0.5, 0.6) is 0 Å². The van der Waals surface area contributed by atoms with Crippen molar-refractivity contribution in [2.75, 3.05) is 32.0 Å². The molecule has 3 N–H and O–H groups in total. The molecule has 2 unspecified atom stereocenters. The van der Waals surface area contributed by atoms with Gasteiger partial charge in [-0.25, -0.2) is 4.79 Å². The molecule has 2 amide bonds. The zero-order valence-corrected chi connectivity index (χ0v) is 13.2. The molecule has 2 atom stereocenters. The molecular formula is C16H26N4O. The quantitative estimate of drug-likeness (QED) is 0.897. The summed E-state index contributed by atoms with van der Waals surface area (Å²) in [5.41, 5.74) is 7.71. The Morgan fingerprint density at radius 3 is 2.62 bits per heavy atom. The van der Waals surface area contributed by atoms with E-state index in [1.54, 1.807) is 0 Å². The monoisotopic (exact) mass is 290 g/mol. The molecule has 5 heteroatoms. The maximum absolute atomic E-state index is 12.3. The van der Waals surface area contributed by atoms with Crippen LogP contribution in [0.15, 0.2) is 24.3 Å². The molecule has 0 bridgehead atoms. The summed E-state index contributed by atoms with van der Waals surface area (Å²) in [6.45, 7) is 6.60. The minimum absolute atomic E-state index is 0.0118. The Bertz CT molecular complexity index is 472. The largest absolute Gasteiger partial charge is 0.324 e. The summed E-state index contributed by atoms with van der Waals surface area (Å²) in [6.07, 6.45) is 1.06. The predicted octanol–water partition coefficient (Wildman–Crippen LogP) is 2.26. The molecule has 116 valence electrons. The van der Waals surface area contributed by atoms with Crippen molar-refractivity contribution in [2.45, 2.75) is 32.4 Å². The van der Waals surface area contributed by atoms with Crippen LogP contribution < -0.4 is 11.1 Å². The molecule has 1 saturated heterocycles. The van der Waals surface area contributed by atoms with Crippen molar-refractivity contribution >= 4 is 11.7 Å². The van der Waals surface area contributed by atoms with E-state index in [9.17, 15) is 4.79 Å². The normalized spacial score (nSPS) is 21.1. The lowest BCUT2D eigenvalue weighted by Crippen LogP contribution is -2.53. The van der Waals surface area contributed by atoms with E-state index in [2.05, 4.69) is 24.2 Å². The van der Waals surface area contributed by atoms with Gasteiger partial charge in [-0.2, -0.15) is 0 Å². The molecule has 0 saturated carbocycles. The van der Waals surface area contributed by atoms with Gasteiger partial charge in [-0.1, -0.05) is 19.1 Å². The van der Waals surface area contributed by atoms with Crippen molar-refractivity contribution in [3.63, 3.8) is 0 Å². The number of carbonyl (C=O) groups is 1. The van der Waals surface area contributed by atoms with E-state index in [1.807, 2.05) is 36.1 Å². The standard InChI is InChI=1S/C16H26N4O/c1-4-15-11-20(10-9-19(15)3)16(21)18-14-7-5-13(6-8-14)12(2)17/h5-8,12,15H,4,9-11,17H2,1-3H3,(H,18,21). The summed E-state index contributed by atoms with van der Waals surface area (Å²) in [5, 5.41) is 2.96. The van der Waals surface area contributed by atoms with Crippen LogP contribution in [0.2, 0.25) is 0 Å². The summed E-state index contributed by atoms with van der Waals surface area (Å²) in [6, 6.07) is 8.17. The average Bonchev–Trinajstić information content (AvgIpc) is 2.48. The summed E-state index contributed by atoms with van der Waals surface area (Å²) in [5.74, 6) is 0. The third kappa shape index (κ3) is 3.95. The van der Waals surface area contributed by atoms with Gasteiger partial charge in [0.15, 0.2) is 0 Å². The average molecular weight is 290 g/mol. The maximum Gasteiger partial charge on any atom is 0.321 e. The third-order valence-corrected chi connectivity index (χ3v) is 4.22. The second-order valence-corrected chi connectivity index (χ2v) is 5.83. The molecular weight excluding hydrogens is 264 g/mol. The number of rotatable bonds is 3. The lowest BCUT2D eigenvalue weighted by molar-refractivity contribution is 0.114. The summed E-state index contributed by atoms with van der Waals surface area (Å²) in [4.78, 5) is 16.5. The topological polar surface area (TPSA) is 61.6 Å². The number of hydrogen-bond donors (Lipinski definition) is 2. The number of hydrogen-bond acceptors (Lipinski definition) is 3. The number of anilines is 1. The number of nitrogens with zero attached hydrogens (tertiary/aromatic N) is 2. The van der Waals surface area contributed by atoms with Crippen LogP contribution in [-0.4, -0.2) is 48.6 Å². The van der Waals surface area contributed by atoms with E-state index in [1.165, 1.54) is 0 Å². The van der Waals surface area contributed by atoms with Crippen LogP contribution >= 0.6 is 0 Å². The molecule has 2 rings (SSSR count). The van der Waals surface area contributed by atoms with Crippen molar-refractivity contribution in [1.82, 2.24) is 9.80 Å². The highest BCUT2D eigenvalue weighted by atomic mass is 16.2. The van der Waals surface area contributed by atoms with Gasteiger partial charge in [-0.05, 0) is 38.1 Å². The van der Waals surface area contributed by atoms with Gasteiger partial charge in [0.1, 0.15) is 0 Å². The van der Waals surface area contributed by atoms with Gasteiger partial charge in [0, 0.05) is 37.4 Å². The lowest BCUT2D eigenvalue weighted by Gasteiger charge is -2.39. The molecule has 1 aliphatic rings. The van der Waals surface area contributed by atoms with Gasteiger partial charge in [0.05, 0.1) is 0 Å². The van der Waals surface area contributed by atoms with Crippen molar-refractivity contribution in [2.24, 2.45) is 5.73 Å². The van der Waals surface area contributed by atoms with Gasteiger partial charge in [0.2, 0.25) is 0 Å². The molecule has 1 aromatic carbocycles. The first-order valence-corrected chi connectivity index (χ1v) is 7.63. The fraction of sp³-hybridized carbons (Fsp3) is 0.562. The van der Waals surface area contributed by atoms with Gasteiger partial charge in [-0.15, -0.1) is 0 Å². The molecule has 0 aliphatic carbocycles. The second-order valence-electron chi connectivity index (χ2n) is 5.83. The van der Waals surface area contributed by atoms with E-state index < -0.39 is 0 Å². The SMILES string of the molecule is CCC1CN(C(=O)Nc2ccc(C(C)N)cc2)CCN1C. The maximum atomic E-state index is 12.3. The molecule has 1 fully saturated rings. The molecule has 0 spiro atoms. The summed E-state index contributed by atoms with van der Waals surface area (Å²) in [7, 11) is 2.12. The first-order valence-electron chi connectivity index (χ1n) is 7.63. The van der Waals surface area contributed by atoms with Gasteiger partial charge >= 0.3 is 6.03 Å². The van der Waals surface area contributed by atoms with Crippen LogP contribution in [-0.2, 0) is 0 Å². The Morgan fingerprint density at radius 2 is 2.05 bits per heavy atom. The smallest absolute Gasteiger partial charge is 0.321 e. The zero-order valence-electron chi connectivity index (χ0n) is 13.2. The van der Waals surface area contributed by atoms with Crippen LogP contribution in [0.4, 0.5) is 10.5 Å². The van der Waals surface area contributed by atoms with Crippen molar-refractivity contribution < 1.29 is 4.79 Å². The number of piperazine rings is 1. The second kappa shape index (κ2) is 6.91. The van der Waals surface area contributed by atoms with Crippen molar-refractivity contribution in [3.8, 4) is 0 Å². The van der Waals surface area contributed by atoms with E-state index in [0.717, 1.165) is 37.3 Å². The molecule has 1 aliphatic heterocycles. The van der Waals surface area contributed by atoms with Crippen molar-refractivity contribution in [3.05, 3.63) is 29.8 Å². The van der Waals surface area contributed by atoms with E-state index in [-0.39, 0.29) is 12.1 Å². The van der Waals surface area contributed by atoms with Crippen LogP contribution in [0.3, 0.4) is 0 Å². The highest BCUT2D eigenvalue weighted by molar-refractivity contribution is 5.89. The van der Waals surface area contributed by atoms with E-state index >= 15 is 0 Å². The number of benzene rings is 1. The fourth-order valence-corrected chi connectivity index (χ4v) is 2.64. The predicted molar refractivity (Wildman–Crippen MR) is 86.3 cm³/mol. The number of nitrogens with one attached hydrogen (secondary N) is 1. The van der Waals surface area contributed by atoms with Gasteiger partial charge < -0.3 is 16.0 Å². The van der Waals surface area contributed by atoms with E-state index in [0.29, 0.717) is 6.04 Å². The van der Waals surface area contributed by atoms with Crippen LogP contribution in [0.1, 0.15) is 31.9 Å². The van der Waals surface area contributed by atoms with Crippen LogP contribution in [0.25, 0.3) is 0 Å². The third-order valence-electron chi connectivity index (χ3n) is 4.22. The first-order chi connectivity index (χ1) is 10.0. The lowest BCUT2D eigenvalue weighted by atomic mass is 10.1. The first kappa shape index (κ1) is 15.8. The fourth-order valence-electron chi connectivity index (χ4n) is 2.64. The summed E-state index contributed by atoms with van der Waals surface area (Å²) < 4.78 is 0. The Morgan fingerprint density at radius 1 is 1.38 bits per heavy atom. The Balaban J connectivity index is 1.95. The summed E-state index contributed by atoms with van der Waals surface area (Å²) >= 11 is 0. The van der Waals surface area contributed by atoms with Gasteiger partial charge in [0.25, 0.3) is 0 Å². The zero-order chi connectivity index (χ0) is 15.4. The minimum atomic E-state index is -0.0184. The molecule has 0 radical (unpaired) electrons.